The molecule has 2 heterocycles. The molecule has 3 aliphatic rings. The van der Waals surface area contributed by atoms with Gasteiger partial charge in [0.25, 0.3) is 0 Å². The molecule has 186 valence electrons. The maximum absolute atomic E-state index is 13.4. The summed E-state index contributed by atoms with van der Waals surface area (Å²) in [5, 5.41) is 3.75. The number of piperidine rings is 1. The fourth-order valence-corrected chi connectivity index (χ4v) is 7.45. The summed E-state index contributed by atoms with van der Waals surface area (Å²) in [7, 11) is -3.47. The van der Waals surface area contributed by atoms with Crippen molar-refractivity contribution in [1.82, 2.24) is 4.31 Å². The predicted molar refractivity (Wildman–Crippen MR) is 143 cm³/mol. The van der Waals surface area contributed by atoms with Gasteiger partial charge in [-0.2, -0.15) is 4.31 Å². The number of nitrogens with one attached hydrogen (secondary N) is 1. The highest BCUT2D eigenvalue weighted by molar-refractivity contribution is 7.89. The first-order chi connectivity index (χ1) is 17.6. The molecule has 3 aromatic rings. The van der Waals surface area contributed by atoms with Crippen molar-refractivity contribution < 1.29 is 13.2 Å². The highest BCUT2D eigenvalue weighted by Gasteiger charge is 2.40. The molecule has 0 amide bonds. The molecule has 0 radical (unpaired) electrons. The molecule has 6 heteroatoms. The molecular formula is C30H32N2O3S. The smallest absolute Gasteiger partial charge is 0.243 e. The van der Waals surface area contributed by atoms with Gasteiger partial charge in [0.2, 0.25) is 10.0 Å². The molecule has 5 nitrogen and oxygen atoms in total. The zero-order chi connectivity index (χ0) is 24.5. The molecular weight excluding hydrogens is 468 g/mol. The number of hydrogen-bond donors (Lipinski definition) is 1. The van der Waals surface area contributed by atoms with E-state index in [2.05, 4.69) is 41.7 Å². The van der Waals surface area contributed by atoms with Crippen LogP contribution in [0.3, 0.4) is 0 Å². The Morgan fingerprint density at radius 1 is 0.889 bits per heavy atom. The van der Waals surface area contributed by atoms with E-state index in [1.54, 1.807) is 10.4 Å². The van der Waals surface area contributed by atoms with Crippen molar-refractivity contribution in [3.63, 3.8) is 0 Å². The lowest BCUT2D eigenvalue weighted by molar-refractivity contribution is 0.296. The van der Waals surface area contributed by atoms with Crippen molar-refractivity contribution in [2.75, 3.05) is 18.4 Å². The summed E-state index contributed by atoms with van der Waals surface area (Å²) in [6, 6.07) is 24.2. The summed E-state index contributed by atoms with van der Waals surface area (Å²) >= 11 is 0. The van der Waals surface area contributed by atoms with Gasteiger partial charge in [-0.15, -0.1) is 0 Å². The van der Waals surface area contributed by atoms with Crippen molar-refractivity contribution in [3.8, 4) is 5.75 Å². The lowest BCUT2D eigenvalue weighted by atomic mass is 9.77. The van der Waals surface area contributed by atoms with E-state index in [4.69, 9.17) is 4.74 Å². The molecule has 1 aliphatic carbocycles. The quantitative estimate of drug-likeness (QED) is 0.406. The Bertz CT molecular complexity index is 1360. The summed E-state index contributed by atoms with van der Waals surface area (Å²) < 4.78 is 34.7. The third kappa shape index (κ3) is 4.33. The molecule has 6 rings (SSSR count). The number of allylic oxidation sites excluding steroid dienone is 2. The van der Waals surface area contributed by atoms with E-state index >= 15 is 0 Å². The standard InChI is InChI=1S/C30H32N2O3S/c33-36(34,32-18-7-2-8-19-32)23-16-17-28-27(20-23)24-13-9-14-25(24)30(31-28)26-12-5-6-15-29(26)35-21-22-10-3-1-4-11-22/h1,3-6,9-13,15-17,20,24-25,30-31H,2,7-8,14,18-19,21H2. The SMILES string of the molecule is O=S(=O)(c1ccc2c(c1)C1C=CCC1C(c1ccccc1OCc1ccccc1)N2)N1CCCCC1. The summed E-state index contributed by atoms with van der Waals surface area (Å²) in [6.45, 7) is 1.75. The maximum Gasteiger partial charge on any atom is 0.243 e. The second-order valence-electron chi connectivity index (χ2n) is 10.0. The summed E-state index contributed by atoms with van der Waals surface area (Å²) in [4.78, 5) is 0.411. The van der Waals surface area contributed by atoms with Crippen molar-refractivity contribution >= 4 is 15.7 Å². The Balaban J connectivity index is 1.30. The highest BCUT2D eigenvalue weighted by atomic mass is 32.2. The summed E-state index contributed by atoms with van der Waals surface area (Å²) in [6.07, 6.45) is 8.41. The minimum Gasteiger partial charge on any atom is -0.489 e. The Labute approximate surface area is 213 Å². The van der Waals surface area contributed by atoms with E-state index < -0.39 is 10.0 Å². The van der Waals surface area contributed by atoms with Crippen molar-refractivity contribution in [1.29, 1.82) is 0 Å². The molecule has 0 spiro atoms. The number of benzene rings is 3. The molecule has 3 atom stereocenters. The largest absolute Gasteiger partial charge is 0.489 e. The molecule has 3 aromatic carbocycles. The number of hydrogen-bond acceptors (Lipinski definition) is 4. The van der Waals surface area contributed by atoms with E-state index in [9.17, 15) is 8.42 Å². The Kier molecular flexibility index (Phi) is 6.32. The zero-order valence-electron chi connectivity index (χ0n) is 20.3. The normalized spacial score (nSPS) is 23.5. The van der Waals surface area contributed by atoms with Gasteiger partial charge in [-0.05, 0) is 60.6 Å². The van der Waals surface area contributed by atoms with Gasteiger partial charge in [-0.1, -0.05) is 67.1 Å². The van der Waals surface area contributed by atoms with E-state index in [0.717, 1.165) is 53.8 Å². The van der Waals surface area contributed by atoms with Crippen LogP contribution in [-0.2, 0) is 16.6 Å². The zero-order valence-corrected chi connectivity index (χ0v) is 21.2. The lowest BCUT2D eigenvalue weighted by Gasteiger charge is -2.38. The Morgan fingerprint density at radius 3 is 2.50 bits per heavy atom. The van der Waals surface area contributed by atoms with Gasteiger partial charge in [0, 0.05) is 30.3 Å². The molecule has 1 N–H and O–H groups in total. The number of rotatable bonds is 6. The number of anilines is 1. The minimum absolute atomic E-state index is 0.0778. The molecule has 36 heavy (non-hydrogen) atoms. The fourth-order valence-electron chi connectivity index (χ4n) is 5.90. The first-order valence-electron chi connectivity index (χ1n) is 12.9. The second kappa shape index (κ2) is 9.75. The number of fused-ring (bicyclic) bond motifs is 3. The predicted octanol–water partition coefficient (Wildman–Crippen LogP) is 6.27. The number of nitrogens with zero attached hydrogens (tertiary/aromatic N) is 1. The third-order valence-electron chi connectivity index (χ3n) is 7.78. The van der Waals surface area contributed by atoms with Crippen LogP contribution in [0.1, 0.15) is 54.3 Å². The average Bonchev–Trinajstić information content (AvgIpc) is 3.43. The van der Waals surface area contributed by atoms with Gasteiger partial charge in [0.05, 0.1) is 10.9 Å². The monoisotopic (exact) mass is 500 g/mol. The molecule has 0 bridgehead atoms. The number of ether oxygens (including phenoxy) is 1. The molecule has 3 unspecified atom stereocenters. The molecule has 0 saturated carbocycles. The van der Waals surface area contributed by atoms with Crippen LogP contribution >= 0.6 is 0 Å². The topological polar surface area (TPSA) is 58.6 Å². The maximum atomic E-state index is 13.4. The van der Waals surface area contributed by atoms with Crippen LogP contribution in [0.4, 0.5) is 5.69 Å². The van der Waals surface area contributed by atoms with Gasteiger partial charge in [0.1, 0.15) is 12.4 Å². The third-order valence-corrected chi connectivity index (χ3v) is 9.67. The average molecular weight is 501 g/mol. The van der Waals surface area contributed by atoms with E-state index in [1.165, 1.54) is 0 Å². The van der Waals surface area contributed by atoms with E-state index in [-0.39, 0.29) is 12.0 Å². The Hall–Kier alpha value is -3.09. The van der Waals surface area contributed by atoms with Gasteiger partial charge in [0.15, 0.2) is 0 Å². The molecule has 1 fully saturated rings. The molecule has 1 saturated heterocycles. The highest BCUT2D eigenvalue weighted by Crippen LogP contribution is 2.51. The van der Waals surface area contributed by atoms with Crippen LogP contribution in [0.15, 0.2) is 89.8 Å². The van der Waals surface area contributed by atoms with Crippen LogP contribution in [0.2, 0.25) is 0 Å². The molecule has 0 aromatic heterocycles. The first kappa shape index (κ1) is 23.3. The van der Waals surface area contributed by atoms with Crippen LogP contribution in [0.25, 0.3) is 0 Å². The van der Waals surface area contributed by atoms with Crippen LogP contribution in [0.5, 0.6) is 5.75 Å². The van der Waals surface area contributed by atoms with Crippen LogP contribution in [-0.4, -0.2) is 25.8 Å². The Morgan fingerprint density at radius 2 is 1.67 bits per heavy atom. The number of sulfonamides is 1. The lowest BCUT2D eigenvalue weighted by Crippen LogP contribution is -2.36. The van der Waals surface area contributed by atoms with Crippen molar-refractivity contribution in [2.24, 2.45) is 5.92 Å². The van der Waals surface area contributed by atoms with E-state index in [1.807, 2.05) is 42.5 Å². The van der Waals surface area contributed by atoms with Gasteiger partial charge < -0.3 is 10.1 Å². The van der Waals surface area contributed by atoms with Crippen LogP contribution < -0.4 is 10.1 Å². The fraction of sp³-hybridized carbons (Fsp3) is 0.333. The van der Waals surface area contributed by atoms with E-state index in [0.29, 0.717) is 30.5 Å². The minimum atomic E-state index is -3.47. The van der Waals surface area contributed by atoms with Crippen molar-refractivity contribution in [2.45, 2.75) is 49.1 Å². The number of para-hydroxylation sites is 1. The van der Waals surface area contributed by atoms with Gasteiger partial charge in [-0.25, -0.2) is 8.42 Å². The second-order valence-corrected chi connectivity index (χ2v) is 11.9. The van der Waals surface area contributed by atoms with Crippen LogP contribution in [0, 0.1) is 5.92 Å². The summed E-state index contributed by atoms with van der Waals surface area (Å²) in [5.74, 6) is 1.36. The molecule has 2 aliphatic heterocycles. The van der Waals surface area contributed by atoms with Gasteiger partial charge >= 0.3 is 0 Å². The van der Waals surface area contributed by atoms with Crippen molar-refractivity contribution in [3.05, 3.63) is 102 Å². The van der Waals surface area contributed by atoms with Gasteiger partial charge in [-0.3, -0.25) is 0 Å². The first-order valence-corrected chi connectivity index (χ1v) is 14.4. The summed E-state index contributed by atoms with van der Waals surface area (Å²) in [5.41, 5.74) is 4.36.